The fourth-order valence-electron chi connectivity index (χ4n) is 4.97. The zero-order valence-electron chi connectivity index (χ0n) is 27.7. The van der Waals surface area contributed by atoms with E-state index in [9.17, 15) is 19.2 Å². The molecule has 1 aromatic rings. The van der Waals surface area contributed by atoms with E-state index in [0.717, 1.165) is 5.56 Å². The molecule has 0 aliphatic heterocycles. The van der Waals surface area contributed by atoms with Gasteiger partial charge in [-0.2, -0.15) is 0 Å². The summed E-state index contributed by atoms with van der Waals surface area (Å²) < 4.78 is 0. The van der Waals surface area contributed by atoms with Crippen molar-refractivity contribution in [2.45, 2.75) is 98.8 Å². The fraction of sp³-hybridized carbons (Fsp3) is 0.688. The molecule has 0 bridgehead atoms. The standard InChI is InChI=1S/C32H55N5O4/c1-21(2)25(19-37(23(5)38)20-26(39)35(12)22(3)4)36(13)30(41)28(31(6,7)8)34-29(40)27(33-11)32(9,10)24-17-15-14-16-18-24/h14-18,21-22,25,27-28,33H,19-20H2,1-13H3,(H,34,40)/t25-,27?,28-/m1/s1. The molecule has 2 N–H and O–H groups in total. The van der Waals surface area contributed by atoms with Gasteiger partial charge in [0.25, 0.3) is 0 Å². The van der Waals surface area contributed by atoms with Gasteiger partial charge in [0.15, 0.2) is 0 Å². The third-order valence-electron chi connectivity index (χ3n) is 8.15. The SMILES string of the molecule is CNC(C(=O)N[C@H](C(=O)N(C)[C@H](CN(CC(=O)N(C)C(C)C)C(C)=O)C(C)C)C(C)(C)C)C(C)(C)c1ccccc1. The lowest BCUT2D eigenvalue weighted by Crippen LogP contribution is -2.62. The molecule has 0 radical (unpaired) electrons. The number of hydrogen-bond acceptors (Lipinski definition) is 5. The maximum absolute atomic E-state index is 14.1. The van der Waals surface area contributed by atoms with E-state index in [-0.39, 0.29) is 54.7 Å². The van der Waals surface area contributed by atoms with Gasteiger partial charge in [-0.15, -0.1) is 0 Å². The second-order valence-corrected chi connectivity index (χ2v) is 13.4. The van der Waals surface area contributed by atoms with E-state index in [2.05, 4.69) is 10.6 Å². The molecular formula is C32H55N5O4. The molecule has 1 unspecified atom stereocenters. The van der Waals surface area contributed by atoms with Gasteiger partial charge >= 0.3 is 0 Å². The first kappa shape index (κ1) is 36.1. The monoisotopic (exact) mass is 573 g/mol. The summed E-state index contributed by atoms with van der Waals surface area (Å²) in [4.78, 5) is 57.9. The Balaban J connectivity index is 3.27. The maximum Gasteiger partial charge on any atom is 0.245 e. The zero-order valence-corrected chi connectivity index (χ0v) is 27.7. The molecule has 0 aliphatic carbocycles. The molecule has 9 nitrogen and oxygen atoms in total. The maximum atomic E-state index is 14.1. The van der Waals surface area contributed by atoms with Crippen LogP contribution in [0.1, 0.15) is 74.8 Å². The average Bonchev–Trinajstić information content (AvgIpc) is 2.87. The number of nitrogens with one attached hydrogen (secondary N) is 2. The summed E-state index contributed by atoms with van der Waals surface area (Å²) >= 11 is 0. The molecule has 4 amide bonds. The van der Waals surface area contributed by atoms with Crippen LogP contribution in [0.2, 0.25) is 0 Å². The molecule has 0 aliphatic rings. The molecule has 0 saturated carbocycles. The Kier molecular flexibility index (Phi) is 13.0. The molecule has 0 spiro atoms. The van der Waals surface area contributed by atoms with E-state index in [1.165, 1.54) is 11.8 Å². The summed E-state index contributed by atoms with van der Waals surface area (Å²) in [5.41, 5.74) is -0.129. The second-order valence-electron chi connectivity index (χ2n) is 13.4. The molecule has 41 heavy (non-hydrogen) atoms. The van der Waals surface area contributed by atoms with Gasteiger partial charge < -0.3 is 25.3 Å². The van der Waals surface area contributed by atoms with Crippen LogP contribution in [0.15, 0.2) is 30.3 Å². The van der Waals surface area contributed by atoms with Gasteiger partial charge in [0.1, 0.15) is 6.04 Å². The van der Waals surface area contributed by atoms with Gasteiger partial charge in [-0.3, -0.25) is 19.2 Å². The number of carbonyl (C=O) groups excluding carboxylic acids is 4. The molecule has 1 aromatic carbocycles. The van der Waals surface area contributed by atoms with E-state index in [1.54, 1.807) is 30.9 Å². The van der Waals surface area contributed by atoms with E-state index in [4.69, 9.17) is 0 Å². The normalized spacial score (nSPS) is 14.3. The second kappa shape index (κ2) is 14.8. The van der Waals surface area contributed by atoms with Crippen molar-refractivity contribution in [2.24, 2.45) is 11.3 Å². The van der Waals surface area contributed by atoms with Crippen molar-refractivity contribution < 1.29 is 19.2 Å². The highest BCUT2D eigenvalue weighted by molar-refractivity contribution is 5.91. The van der Waals surface area contributed by atoms with Crippen molar-refractivity contribution in [3.8, 4) is 0 Å². The molecule has 3 atom stereocenters. The van der Waals surface area contributed by atoms with Crippen LogP contribution in [0.5, 0.6) is 0 Å². The molecule has 9 heteroatoms. The third-order valence-corrected chi connectivity index (χ3v) is 8.15. The first-order chi connectivity index (χ1) is 18.8. The Bertz CT molecular complexity index is 1030. The summed E-state index contributed by atoms with van der Waals surface area (Å²) in [6.07, 6.45) is 0. The summed E-state index contributed by atoms with van der Waals surface area (Å²) in [5, 5.41) is 6.22. The first-order valence-corrected chi connectivity index (χ1v) is 14.6. The summed E-state index contributed by atoms with van der Waals surface area (Å²) in [6.45, 7) is 19.2. The molecule has 0 fully saturated rings. The lowest BCUT2D eigenvalue weighted by Gasteiger charge is -2.41. The van der Waals surface area contributed by atoms with Gasteiger partial charge in [0.05, 0.1) is 18.6 Å². The molecule has 0 saturated heterocycles. The van der Waals surface area contributed by atoms with Gasteiger partial charge in [-0.25, -0.2) is 0 Å². The van der Waals surface area contributed by atoms with E-state index in [0.29, 0.717) is 0 Å². The quantitative estimate of drug-likeness (QED) is 0.377. The predicted molar refractivity (Wildman–Crippen MR) is 165 cm³/mol. The third kappa shape index (κ3) is 9.55. The first-order valence-electron chi connectivity index (χ1n) is 14.6. The highest BCUT2D eigenvalue weighted by Gasteiger charge is 2.42. The number of likely N-dealkylation sites (N-methyl/N-ethyl adjacent to an activating group) is 3. The van der Waals surface area contributed by atoms with Crippen molar-refractivity contribution in [3.05, 3.63) is 35.9 Å². The Labute approximate surface area is 248 Å². The minimum atomic E-state index is -0.817. The van der Waals surface area contributed by atoms with Crippen molar-refractivity contribution in [1.29, 1.82) is 0 Å². The Morgan fingerprint density at radius 2 is 1.39 bits per heavy atom. The number of amides is 4. The number of carbonyl (C=O) groups is 4. The molecule has 0 aromatic heterocycles. The summed E-state index contributed by atoms with van der Waals surface area (Å²) in [7, 11) is 5.18. The molecule has 1 rings (SSSR count). The lowest BCUT2D eigenvalue weighted by atomic mass is 9.76. The van der Waals surface area contributed by atoms with E-state index in [1.807, 2.05) is 92.6 Å². The fourth-order valence-corrected chi connectivity index (χ4v) is 4.97. The number of benzene rings is 1. The van der Waals surface area contributed by atoms with Crippen LogP contribution in [0, 0.1) is 11.3 Å². The minimum Gasteiger partial charge on any atom is -0.342 e. The van der Waals surface area contributed by atoms with Gasteiger partial charge in [-0.05, 0) is 37.8 Å². The topological polar surface area (TPSA) is 102 Å². The van der Waals surface area contributed by atoms with Crippen LogP contribution >= 0.6 is 0 Å². The van der Waals surface area contributed by atoms with Crippen molar-refractivity contribution in [3.63, 3.8) is 0 Å². The Morgan fingerprint density at radius 1 is 0.854 bits per heavy atom. The van der Waals surface area contributed by atoms with Crippen molar-refractivity contribution in [1.82, 2.24) is 25.3 Å². The average molecular weight is 574 g/mol. The Hall–Kier alpha value is -2.94. The molecule has 232 valence electrons. The van der Waals surface area contributed by atoms with E-state index >= 15 is 0 Å². The lowest BCUT2D eigenvalue weighted by molar-refractivity contribution is -0.144. The summed E-state index contributed by atoms with van der Waals surface area (Å²) in [6, 6.07) is 8.05. The number of rotatable bonds is 13. The van der Waals surface area contributed by atoms with Crippen molar-refractivity contribution >= 4 is 23.6 Å². The molecular weight excluding hydrogens is 518 g/mol. The highest BCUT2D eigenvalue weighted by atomic mass is 16.2. The molecule has 0 heterocycles. The smallest absolute Gasteiger partial charge is 0.245 e. The van der Waals surface area contributed by atoms with Crippen LogP contribution in [0.3, 0.4) is 0 Å². The van der Waals surface area contributed by atoms with Gasteiger partial charge in [-0.1, -0.05) is 78.8 Å². The van der Waals surface area contributed by atoms with Crippen LogP contribution in [0.25, 0.3) is 0 Å². The zero-order chi connectivity index (χ0) is 31.9. The van der Waals surface area contributed by atoms with E-state index < -0.39 is 22.9 Å². The van der Waals surface area contributed by atoms with Crippen LogP contribution in [0.4, 0.5) is 0 Å². The minimum absolute atomic E-state index is 0.00548. The number of nitrogens with zero attached hydrogens (tertiary/aromatic N) is 3. The predicted octanol–water partition coefficient (Wildman–Crippen LogP) is 3.28. The Morgan fingerprint density at radius 3 is 1.80 bits per heavy atom. The highest BCUT2D eigenvalue weighted by Crippen LogP contribution is 2.29. The van der Waals surface area contributed by atoms with Crippen LogP contribution < -0.4 is 10.6 Å². The largest absolute Gasteiger partial charge is 0.342 e. The van der Waals surface area contributed by atoms with Crippen LogP contribution in [-0.2, 0) is 24.6 Å². The van der Waals surface area contributed by atoms with Gasteiger partial charge in [0, 0.05) is 39.0 Å². The van der Waals surface area contributed by atoms with Crippen molar-refractivity contribution in [2.75, 3.05) is 34.2 Å². The van der Waals surface area contributed by atoms with Gasteiger partial charge in [0.2, 0.25) is 23.6 Å². The number of hydrogen-bond donors (Lipinski definition) is 2. The summed E-state index contributed by atoms with van der Waals surface area (Å²) in [5.74, 6) is -0.918. The van der Waals surface area contributed by atoms with Crippen LogP contribution in [-0.4, -0.2) is 96.7 Å².